The van der Waals surface area contributed by atoms with Crippen molar-refractivity contribution in [3.8, 4) is 5.69 Å². The molecule has 0 aliphatic rings. The number of para-hydroxylation sites is 1. The first-order chi connectivity index (χ1) is 10.6. The molecular formula is C17H16ClN3O. The van der Waals surface area contributed by atoms with Gasteiger partial charge >= 0.3 is 5.69 Å². The third kappa shape index (κ3) is 2.75. The molecule has 0 spiro atoms. The van der Waals surface area contributed by atoms with E-state index in [4.69, 9.17) is 11.6 Å². The van der Waals surface area contributed by atoms with Crippen molar-refractivity contribution in [1.82, 2.24) is 14.5 Å². The van der Waals surface area contributed by atoms with E-state index in [-0.39, 0.29) is 5.69 Å². The number of benzene rings is 2. The Bertz CT molecular complexity index is 872. The molecule has 0 N–H and O–H groups in total. The minimum Gasteiger partial charge on any atom is -0.304 e. The van der Waals surface area contributed by atoms with E-state index in [1.54, 1.807) is 4.57 Å². The molecule has 1 heterocycles. The molecule has 0 saturated heterocycles. The molecule has 0 saturated carbocycles. The minimum atomic E-state index is -0.294. The van der Waals surface area contributed by atoms with Gasteiger partial charge in [-0.3, -0.25) is 4.57 Å². The summed E-state index contributed by atoms with van der Waals surface area (Å²) in [6.07, 6.45) is 0. The number of halogens is 1. The van der Waals surface area contributed by atoms with E-state index in [1.807, 2.05) is 67.5 Å². The lowest BCUT2D eigenvalue weighted by Gasteiger charge is -2.15. The van der Waals surface area contributed by atoms with E-state index in [2.05, 4.69) is 4.98 Å². The van der Waals surface area contributed by atoms with Gasteiger partial charge in [-0.15, -0.1) is 0 Å². The summed E-state index contributed by atoms with van der Waals surface area (Å²) in [5, 5.41) is 1.53. The number of hydrogen-bond donors (Lipinski definition) is 0. The average molecular weight is 314 g/mol. The summed E-state index contributed by atoms with van der Waals surface area (Å²) in [6, 6.07) is 15.0. The van der Waals surface area contributed by atoms with Crippen molar-refractivity contribution in [1.29, 1.82) is 0 Å². The molecule has 5 heteroatoms. The maximum atomic E-state index is 12.5. The van der Waals surface area contributed by atoms with Crippen molar-refractivity contribution < 1.29 is 0 Å². The molecule has 0 unspecified atom stereocenters. The van der Waals surface area contributed by atoms with Crippen molar-refractivity contribution >= 4 is 22.5 Å². The average Bonchev–Trinajstić information content (AvgIpc) is 2.47. The fourth-order valence-corrected chi connectivity index (χ4v) is 2.68. The van der Waals surface area contributed by atoms with Crippen LogP contribution in [0.2, 0.25) is 5.02 Å². The minimum absolute atomic E-state index is 0.294. The Kier molecular flexibility index (Phi) is 3.96. The Labute approximate surface area is 133 Å². The number of aromatic nitrogens is 2. The SMILES string of the molecule is CN(C)Cc1nc(=O)n(-c2ccccc2)c2cc(Cl)ccc12. The van der Waals surface area contributed by atoms with Gasteiger partial charge in [0.05, 0.1) is 16.9 Å². The molecule has 0 atom stereocenters. The zero-order valence-electron chi connectivity index (χ0n) is 12.5. The second-order valence-electron chi connectivity index (χ2n) is 5.41. The number of nitrogens with zero attached hydrogens (tertiary/aromatic N) is 3. The zero-order chi connectivity index (χ0) is 15.7. The predicted molar refractivity (Wildman–Crippen MR) is 89.7 cm³/mol. The number of fused-ring (bicyclic) bond motifs is 1. The Morgan fingerprint density at radius 1 is 1.14 bits per heavy atom. The fourth-order valence-electron chi connectivity index (χ4n) is 2.51. The van der Waals surface area contributed by atoms with Gasteiger partial charge in [-0.25, -0.2) is 4.79 Å². The van der Waals surface area contributed by atoms with Crippen LogP contribution in [0.3, 0.4) is 0 Å². The van der Waals surface area contributed by atoms with Crippen molar-refractivity contribution in [2.75, 3.05) is 14.1 Å². The molecule has 0 aliphatic heterocycles. The summed E-state index contributed by atoms with van der Waals surface area (Å²) in [5.74, 6) is 0. The van der Waals surface area contributed by atoms with E-state index in [0.717, 1.165) is 22.3 Å². The highest BCUT2D eigenvalue weighted by Crippen LogP contribution is 2.23. The van der Waals surface area contributed by atoms with Crippen molar-refractivity contribution in [3.63, 3.8) is 0 Å². The second kappa shape index (κ2) is 5.91. The first kappa shape index (κ1) is 14.8. The molecule has 0 fully saturated rings. The molecule has 0 bridgehead atoms. The summed E-state index contributed by atoms with van der Waals surface area (Å²) in [4.78, 5) is 18.8. The first-order valence-corrected chi connectivity index (χ1v) is 7.35. The van der Waals surface area contributed by atoms with Gasteiger partial charge in [-0.2, -0.15) is 4.98 Å². The lowest BCUT2D eigenvalue weighted by molar-refractivity contribution is 0.398. The normalized spacial score (nSPS) is 11.3. The van der Waals surface area contributed by atoms with Crippen molar-refractivity contribution in [2.45, 2.75) is 6.54 Å². The monoisotopic (exact) mass is 313 g/mol. The highest BCUT2D eigenvalue weighted by Gasteiger charge is 2.12. The van der Waals surface area contributed by atoms with Crippen LogP contribution in [0.4, 0.5) is 0 Å². The van der Waals surface area contributed by atoms with Crippen molar-refractivity contribution in [3.05, 3.63) is 69.7 Å². The van der Waals surface area contributed by atoms with Gasteiger partial charge in [0, 0.05) is 17.0 Å². The Balaban J connectivity index is 2.36. The topological polar surface area (TPSA) is 38.1 Å². The Morgan fingerprint density at radius 2 is 1.86 bits per heavy atom. The summed E-state index contributed by atoms with van der Waals surface area (Å²) in [5.41, 5.74) is 2.02. The van der Waals surface area contributed by atoms with E-state index in [1.165, 1.54) is 0 Å². The van der Waals surface area contributed by atoms with Crippen LogP contribution in [-0.2, 0) is 6.54 Å². The Hall–Kier alpha value is -2.17. The predicted octanol–water partition coefficient (Wildman–Crippen LogP) is 3.10. The number of rotatable bonds is 3. The van der Waals surface area contributed by atoms with E-state index < -0.39 is 0 Å². The molecule has 4 nitrogen and oxygen atoms in total. The molecule has 112 valence electrons. The lowest BCUT2D eigenvalue weighted by Crippen LogP contribution is -2.25. The molecule has 22 heavy (non-hydrogen) atoms. The van der Waals surface area contributed by atoms with Gasteiger partial charge in [0.15, 0.2) is 0 Å². The van der Waals surface area contributed by atoms with Crippen LogP contribution in [0.5, 0.6) is 0 Å². The molecule has 0 aliphatic carbocycles. The van der Waals surface area contributed by atoms with Gasteiger partial charge in [0.1, 0.15) is 0 Å². The third-order valence-electron chi connectivity index (χ3n) is 3.41. The maximum Gasteiger partial charge on any atom is 0.352 e. The largest absolute Gasteiger partial charge is 0.352 e. The van der Waals surface area contributed by atoms with Gasteiger partial charge < -0.3 is 4.90 Å². The highest BCUT2D eigenvalue weighted by molar-refractivity contribution is 6.31. The van der Waals surface area contributed by atoms with E-state index >= 15 is 0 Å². The van der Waals surface area contributed by atoms with Crippen LogP contribution in [-0.4, -0.2) is 28.5 Å². The van der Waals surface area contributed by atoms with Crippen LogP contribution in [0.1, 0.15) is 5.69 Å². The van der Waals surface area contributed by atoms with Gasteiger partial charge in [0.25, 0.3) is 0 Å². The van der Waals surface area contributed by atoms with E-state index in [0.29, 0.717) is 11.6 Å². The van der Waals surface area contributed by atoms with Crippen LogP contribution in [0.15, 0.2) is 53.3 Å². The maximum absolute atomic E-state index is 12.5. The van der Waals surface area contributed by atoms with Gasteiger partial charge in [-0.05, 0) is 44.4 Å². The summed E-state index contributed by atoms with van der Waals surface area (Å²) < 4.78 is 1.60. The van der Waals surface area contributed by atoms with Crippen LogP contribution < -0.4 is 5.69 Å². The number of hydrogen-bond acceptors (Lipinski definition) is 3. The highest BCUT2D eigenvalue weighted by atomic mass is 35.5. The molecule has 1 aromatic heterocycles. The van der Waals surface area contributed by atoms with Crippen LogP contribution >= 0.6 is 11.6 Å². The molecule has 0 amide bonds. The quantitative estimate of drug-likeness (QED) is 0.746. The smallest absolute Gasteiger partial charge is 0.304 e. The molecule has 3 rings (SSSR count). The van der Waals surface area contributed by atoms with E-state index in [9.17, 15) is 4.79 Å². The molecule has 0 radical (unpaired) electrons. The van der Waals surface area contributed by atoms with Crippen LogP contribution in [0, 0.1) is 0 Å². The summed E-state index contributed by atoms with van der Waals surface area (Å²) in [6.45, 7) is 0.600. The zero-order valence-corrected chi connectivity index (χ0v) is 13.2. The third-order valence-corrected chi connectivity index (χ3v) is 3.65. The Morgan fingerprint density at radius 3 is 2.55 bits per heavy atom. The van der Waals surface area contributed by atoms with Crippen LogP contribution in [0.25, 0.3) is 16.6 Å². The fraction of sp³-hybridized carbons (Fsp3) is 0.176. The molecule has 2 aromatic carbocycles. The summed E-state index contributed by atoms with van der Waals surface area (Å²) >= 11 is 6.14. The molecular weight excluding hydrogens is 298 g/mol. The summed E-state index contributed by atoms with van der Waals surface area (Å²) in [7, 11) is 3.90. The van der Waals surface area contributed by atoms with Gasteiger partial charge in [-0.1, -0.05) is 29.8 Å². The second-order valence-corrected chi connectivity index (χ2v) is 5.85. The first-order valence-electron chi connectivity index (χ1n) is 6.97. The molecule has 3 aromatic rings. The van der Waals surface area contributed by atoms with Gasteiger partial charge in [0.2, 0.25) is 0 Å². The van der Waals surface area contributed by atoms with Crippen molar-refractivity contribution in [2.24, 2.45) is 0 Å². The lowest BCUT2D eigenvalue weighted by atomic mass is 10.1. The standard InChI is InChI=1S/C17H16ClN3O/c1-20(2)11-15-14-9-8-12(18)10-16(14)21(17(22)19-15)13-6-4-3-5-7-13/h3-10H,11H2,1-2H3.